The standard InChI is InChI=1S/C21H31NO5S/c1-21(2,3)17(20(24)25)14-18(23)19(15-10-6-4-7-11-15)22-28(26,27)16-12-8-5-9-13-16/h5,8-9,12-13,15,17,19,22H,4,6-7,10-11,14H2,1-3H3,(H,24,25)/t17-,19+/m1/s1. The molecule has 0 amide bonds. The maximum absolute atomic E-state index is 13.1. The van der Waals surface area contributed by atoms with Crippen molar-refractivity contribution in [2.45, 2.75) is 70.2 Å². The first-order chi connectivity index (χ1) is 13.0. The van der Waals surface area contributed by atoms with Crippen LogP contribution in [0, 0.1) is 17.3 Å². The Morgan fingerprint density at radius 1 is 1.11 bits per heavy atom. The smallest absolute Gasteiger partial charge is 0.307 e. The lowest BCUT2D eigenvalue weighted by molar-refractivity contribution is -0.148. The number of hydrogen-bond donors (Lipinski definition) is 2. The Hall–Kier alpha value is -1.73. The fourth-order valence-electron chi connectivity index (χ4n) is 3.82. The molecule has 1 aromatic rings. The number of aliphatic carboxylic acids is 1. The van der Waals surface area contributed by atoms with Crippen LogP contribution in [0.15, 0.2) is 35.2 Å². The molecule has 156 valence electrons. The van der Waals surface area contributed by atoms with Crippen LogP contribution in [0.5, 0.6) is 0 Å². The molecular weight excluding hydrogens is 378 g/mol. The van der Waals surface area contributed by atoms with Crippen molar-refractivity contribution in [3.63, 3.8) is 0 Å². The largest absolute Gasteiger partial charge is 0.481 e. The Bertz CT molecular complexity index is 777. The molecule has 0 bridgehead atoms. The second-order valence-electron chi connectivity index (χ2n) is 8.74. The van der Waals surface area contributed by atoms with E-state index >= 15 is 0 Å². The minimum Gasteiger partial charge on any atom is -0.481 e. The fourth-order valence-corrected chi connectivity index (χ4v) is 5.13. The molecule has 1 aromatic carbocycles. The van der Waals surface area contributed by atoms with Crippen LogP contribution >= 0.6 is 0 Å². The van der Waals surface area contributed by atoms with E-state index in [2.05, 4.69) is 4.72 Å². The lowest BCUT2D eigenvalue weighted by Gasteiger charge is -2.32. The first kappa shape index (κ1) is 22.6. The topological polar surface area (TPSA) is 101 Å². The Balaban J connectivity index is 2.29. The summed E-state index contributed by atoms with van der Waals surface area (Å²) in [6.45, 7) is 5.34. The molecule has 2 rings (SSSR count). The molecule has 1 saturated carbocycles. The van der Waals surface area contributed by atoms with Crippen molar-refractivity contribution < 1.29 is 23.1 Å². The lowest BCUT2D eigenvalue weighted by Crippen LogP contribution is -2.48. The van der Waals surface area contributed by atoms with E-state index in [0.717, 1.165) is 32.1 Å². The number of carbonyl (C=O) groups excluding carboxylic acids is 1. The van der Waals surface area contributed by atoms with Crippen LogP contribution in [-0.2, 0) is 19.6 Å². The Kier molecular flexibility index (Phi) is 7.39. The maximum atomic E-state index is 13.1. The third-order valence-electron chi connectivity index (χ3n) is 5.55. The zero-order valence-electron chi connectivity index (χ0n) is 16.8. The molecule has 0 unspecified atom stereocenters. The molecule has 1 aliphatic rings. The second-order valence-corrected chi connectivity index (χ2v) is 10.5. The third-order valence-corrected chi connectivity index (χ3v) is 7.01. The molecule has 0 aliphatic heterocycles. The number of ketones is 1. The number of benzene rings is 1. The van der Waals surface area contributed by atoms with Crippen LogP contribution in [-0.4, -0.2) is 31.3 Å². The van der Waals surface area contributed by atoms with Gasteiger partial charge in [0.1, 0.15) is 0 Å². The quantitative estimate of drug-likeness (QED) is 0.683. The van der Waals surface area contributed by atoms with E-state index in [1.165, 1.54) is 12.1 Å². The van der Waals surface area contributed by atoms with Crippen LogP contribution in [0.3, 0.4) is 0 Å². The highest BCUT2D eigenvalue weighted by atomic mass is 32.2. The van der Waals surface area contributed by atoms with Gasteiger partial charge in [0.25, 0.3) is 0 Å². The van der Waals surface area contributed by atoms with Crippen LogP contribution < -0.4 is 4.72 Å². The number of sulfonamides is 1. The maximum Gasteiger partial charge on any atom is 0.307 e. The number of Topliss-reactive ketones (excluding diaryl/α,β-unsaturated/α-hetero) is 1. The van der Waals surface area contributed by atoms with Gasteiger partial charge in [0, 0.05) is 6.42 Å². The van der Waals surface area contributed by atoms with Gasteiger partial charge < -0.3 is 5.11 Å². The van der Waals surface area contributed by atoms with Gasteiger partial charge in [-0.15, -0.1) is 0 Å². The normalized spacial score (nSPS) is 18.4. The zero-order chi connectivity index (χ0) is 20.9. The van der Waals surface area contributed by atoms with Gasteiger partial charge in [-0.2, -0.15) is 0 Å². The number of rotatable bonds is 8. The van der Waals surface area contributed by atoms with Crippen LogP contribution in [0.25, 0.3) is 0 Å². The highest BCUT2D eigenvalue weighted by Gasteiger charge is 2.39. The molecule has 0 heterocycles. The summed E-state index contributed by atoms with van der Waals surface area (Å²) in [5.74, 6) is -2.34. The summed E-state index contributed by atoms with van der Waals surface area (Å²) < 4.78 is 28.3. The van der Waals surface area contributed by atoms with E-state index < -0.39 is 33.4 Å². The Morgan fingerprint density at radius 3 is 2.18 bits per heavy atom. The summed E-state index contributed by atoms with van der Waals surface area (Å²) in [5, 5.41) is 9.57. The lowest BCUT2D eigenvalue weighted by atomic mass is 9.75. The van der Waals surface area contributed by atoms with E-state index in [1.807, 2.05) is 0 Å². The number of carbonyl (C=O) groups is 2. The first-order valence-corrected chi connectivity index (χ1v) is 11.3. The summed E-state index contributed by atoms with van der Waals surface area (Å²) in [4.78, 5) is 24.9. The average Bonchev–Trinajstić information content (AvgIpc) is 2.64. The molecule has 0 aromatic heterocycles. The monoisotopic (exact) mass is 409 g/mol. The summed E-state index contributed by atoms with van der Waals surface area (Å²) >= 11 is 0. The van der Waals surface area contributed by atoms with Crippen LogP contribution in [0.1, 0.15) is 59.3 Å². The highest BCUT2D eigenvalue weighted by Crippen LogP contribution is 2.33. The molecule has 6 nitrogen and oxygen atoms in total. The average molecular weight is 410 g/mol. The Morgan fingerprint density at radius 2 is 1.68 bits per heavy atom. The van der Waals surface area contributed by atoms with Crippen molar-refractivity contribution in [1.82, 2.24) is 4.72 Å². The third kappa shape index (κ3) is 5.88. The van der Waals surface area contributed by atoms with Crippen LogP contribution in [0.4, 0.5) is 0 Å². The van der Waals surface area contributed by atoms with Gasteiger partial charge in [0.15, 0.2) is 5.78 Å². The van der Waals surface area contributed by atoms with Gasteiger partial charge >= 0.3 is 5.97 Å². The summed E-state index contributed by atoms with van der Waals surface area (Å²) in [6, 6.07) is 7.07. The van der Waals surface area contributed by atoms with Crippen molar-refractivity contribution in [2.75, 3.05) is 0 Å². The SMILES string of the molecule is CC(C)(C)[C@H](CC(=O)[C@@H](NS(=O)(=O)c1ccccc1)C1CCCCC1)C(=O)O. The van der Waals surface area contributed by atoms with Crippen LogP contribution in [0.2, 0.25) is 0 Å². The molecule has 0 spiro atoms. The molecule has 2 atom stereocenters. The van der Waals surface area contributed by atoms with Gasteiger partial charge in [-0.25, -0.2) is 13.1 Å². The van der Waals surface area contributed by atoms with Gasteiger partial charge in [0.05, 0.1) is 16.9 Å². The molecule has 28 heavy (non-hydrogen) atoms. The van der Waals surface area contributed by atoms with Gasteiger partial charge in [-0.05, 0) is 36.3 Å². The minimum atomic E-state index is -3.86. The summed E-state index contributed by atoms with van der Waals surface area (Å²) in [7, 11) is -3.86. The molecule has 0 saturated heterocycles. The number of carboxylic acid groups (broad SMARTS) is 1. The van der Waals surface area contributed by atoms with E-state index in [1.54, 1.807) is 39.0 Å². The van der Waals surface area contributed by atoms with Gasteiger partial charge in [-0.1, -0.05) is 58.2 Å². The summed E-state index contributed by atoms with van der Waals surface area (Å²) in [5.41, 5.74) is -0.600. The minimum absolute atomic E-state index is 0.103. The van der Waals surface area contributed by atoms with E-state index in [-0.39, 0.29) is 23.0 Å². The highest BCUT2D eigenvalue weighted by molar-refractivity contribution is 7.89. The molecule has 0 radical (unpaired) electrons. The van der Waals surface area contributed by atoms with Crippen molar-refractivity contribution in [2.24, 2.45) is 17.3 Å². The predicted octanol–water partition coefficient (Wildman–Crippen LogP) is 3.62. The van der Waals surface area contributed by atoms with E-state index in [9.17, 15) is 23.1 Å². The van der Waals surface area contributed by atoms with Gasteiger partial charge in [-0.3, -0.25) is 9.59 Å². The van der Waals surface area contributed by atoms with Crippen molar-refractivity contribution in [3.05, 3.63) is 30.3 Å². The van der Waals surface area contributed by atoms with Gasteiger partial charge in [0.2, 0.25) is 10.0 Å². The Labute approximate surface area is 167 Å². The number of carboxylic acids is 1. The van der Waals surface area contributed by atoms with E-state index in [4.69, 9.17) is 0 Å². The zero-order valence-corrected chi connectivity index (χ0v) is 17.7. The fraction of sp³-hybridized carbons (Fsp3) is 0.619. The van der Waals surface area contributed by atoms with Crippen molar-refractivity contribution in [3.8, 4) is 0 Å². The summed E-state index contributed by atoms with van der Waals surface area (Å²) in [6.07, 6.45) is 4.31. The molecule has 7 heteroatoms. The number of hydrogen-bond acceptors (Lipinski definition) is 4. The van der Waals surface area contributed by atoms with Crippen molar-refractivity contribution in [1.29, 1.82) is 0 Å². The van der Waals surface area contributed by atoms with Crippen molar-refractivity contribution >= 4 is 21.8 Å². The molecule has 2 N–H and O–H groups in total. The first-order valence-electron chi connectivity index (χ1n) is 9.85. The molecule has 1 aliphatic carbocycles. The molecular formula is C21H31NO5S. The van der Waals surface area contributed by atoms with E-state index in [0.29, 0.717) is 0 Å². The second kappa shape index (κ2) is 9.18. The molecule has 1 fully saturated rings. The predicted molar refractivity (Wildman–Crippen MR) is 107 cm³/mol. The number of nitrogens with one attached hydrogen (secondary N) is 1.